The molecule has 0 aliphatic rings. The number of halogens is 5. The second-order valence-electron chi connectivity index (χ2n) is 5.59. The van der Waals surface area contributed by atoms with Crippen molar-refractivity contribution in [1.29, 1.82) is 0 Å². The minimum Gasteiger partial charge on any atom is -0.246 e. The van der Waals surface area contributed by atoms with Crippen LogP contribution in [0, 0.1) is 18.6 Å². The van der Waals surface area contributed by atoms with E-state index in [-0.39, 0.29) is 17.9 Å². The highest BCUT2D eigenvalue weighted by atomic mass is 19.4. The fraction of sp³-hybridized carbons (Fsp3) is 0.176. The quantitative estimate of drug-likeness (QED) is 0.661. The minimum atomic E-state index is -4.52. The highest BCUT2D eigenvalue weighted by Crippen LogP contribution is 2.29. The molecule has 0 bridgehead atoms. The topological polar surface area (TPSA) is 39.8 Å². The Balaban J connectivity index is 2.04. The zero-order chi connectivity index (χ0) is 19.1. The summed E-state index contributed by atoms with van der Waals surface area (Å²) in [6.45, 7) is 1.10. The fourth-order valence-corrected chi connectivity index (χ4v) is 2.60. The Kier molecular flexibility index (Phi) is 4.39. The second kappa shape index (κ2) is 6.40. The number of para-hydroxylation sites is 1. The van der Waals surface area contributed by atoms with E-state index in [2.05, 4.69) is 5.10 Å². The molecule has 4 nitrogen and oxygen atoms in total. The Morgan fingerprint density at radius 1 is 1.04 bits per heavy atom. The number of nitrogens with zero attached hydrogens (tertiary/aromatic N) is 3. The summed E-state index contributed by atoms with van der Waals surface area (Å²) < 4.78 is 67.9. The molecule has 0 amide bonds. The largest absolute Gasteiger partial charge is 0.416 e. The maximum absolute atomic E-state index is 14.0. The molecule has 0 saturated heterocycles. The van der Waals surface area contributed by atoms with Crippen LogP contribution < -0.4 is 5.69 Å². The molecule has 26 heavy (non-hydrogen) atoms. The molecule has 0 saturated carbocycles. The first-order chi connectivity index (χ1) is 12.2. The van der Waals surface area contributed by atoms with Crippen molar-refractivity contribution in [3.05, 3.63) is 81.5 Å². The van der Waals surface area contributed by atoms with Gasteiger partial charge in [-0.1, -0.05) is 18.2 Å². The number of alkyl halides is 3. The molecule has 0 aliphatic heterocycles. The van der Waals surface area contributed by atoms with Gasteiger partial charge in [-0.05, 0) is 36.8 Å². The van der Waals surface area contributed by atoms with Crippen molar-refractivity contribution in [2.45, 2.75) is 19.6 Å². The van der Waals surface area contributed by atoms with E-state index in [1.165, 1.54) is 19.1 Å². The normalized spacial score (nSPS) is 11.8. The first-order valence-corrected chi connectivity index (χ1v) is 7.45. The Morgan fingerprint density at radius 2 is 1.65 bits per heavy atom. The van der Waals surface area contributed by atoms with Crippen LogP contribution in [0.3, 0.4) is 0 Å². The van der Waals surface area contributed by atoms with Gasteiger partial charge < -0.3 is 0 Å². The van der Waals surface area contributed by atoms with Gasteiger partial charge >= 0.3 is 11.9 Å². The summed E-state index contributed by atoms with van der Waals surface area (Å²) in [5, 5.41) is 3.91. The second-order valence-corrected chi connectivity index (χ2v) is 5.59. The molecule has 9 heteroatoms. The third-order valence-corrected chi connectivity index (χ3v) is 3.75. The molecule has 0 aliphatic carbocycles. The van der Waals surface area contributed by atoms with E-state index in [0.717, 1.165) is 39.6 Å². The van der Waals surface area contributed by atoms with Gasteiger partial charge in [0, 0.05) is 0 Å². The molecular formula is C17H12F5N3O. The van der Waals surface area contributed by atoms with E-state index < -0.39 is 34.8 Å². The lowest BCUT2D eigenvalue weighted by atomic mass is 10.1. The molecule has 1 aromatic heterocycles. The van der Waals surface area contributed by atoms with Crippen molar-refractivity contribution >= 4 is 0 Å². The number of hydrogen-bond acceptors (Lipinski definition) is 2. The number of hydrogen-bond donors (Lipinski definition) is 0. The molecule has 0 fully saturated rings. The van der Waals surface area contributed by atoms with Gasteiger partial charge in [0.25, 0.3) is 0 Å². The zero-order valence-electron chi connectivity index (χ0n) is 13.4. The molecule has 0 N–H and O–H groups in total. The third-order valence-electron chi connectivity index (χ3n) is 3.75. The predicted molar refractivity (Wildman–Crippen MR) is 83.0 cm³/mol. The monoisotopic (exact) mass is 369 g/mol. The SMILES string of the molecule is Cc1nn(Cc2cccc(C(F)(F)F)c2)c(=O)n1-c1c(F)cccc1F. The van der Waals surface area contributed by atoms with Gasteiger partial charge in [0.1, 0.15) is 23.1 Å². The van der Waals surface area contributed by atoms with E-state index in [0.29, 0.717) is 0 Å². The molecule has 3 rings (SSSR count). The zero-order valence-corrected chi connectivity index (χ0v) is 13.4. The van der Waals surface area contributed by atoms with Crippen LogP contribution in [-0.4, -0.2) is 14.3 Å². The van der Waals surface area contributed by atoms with Crippen molar-refractivity contribution < 1.29 is 22.0 Å². The molecule has 136 valence electrons. The van der Waals surface area contributed by atoms with Crippen molar-refractivity contribution in [2.24, 2.45) is 0 Å². The standard InChI is InChI=1S/C17H12F5N3O/c1-10-23-24(9-11-4-2-5-12(8-11)17(20,21)22)16(26)25(10)15-13(18)6-3-7-14(15)19/h2-8H,9H2,1H3. The molecule has 0 unspecified atom stereocenters. The summed E-state index contributed by atoms with van der Waals surface area (Å²) in [5.74, 6) is -1.89. The van der Waals surface area contributed by atoms with Gasteiger partial charge in [-0.3, -0.25) is 0 Å². The van der Waals surface area contributed by atoms with E-state index >= 15 is 0 Å². The predicted octanol–water partition coefficient (Wildman–Crippen LogP) is 3.69. The summed E-state index contributed by atoms with van der Waals surface area (Å²) in [6, 6.07) is 7.56. The van der Waals surface area contributed by atoms with Crippen LogP contribution in [0.15, 0.2) is 47.3 Å². The summed E-state index contributed by atoms with van der Waals surface area (Å²) in [7, 11) is 0. The number of rotatable bonds is 3. The van der Waals surface area contributed by atoms with Gasteiger partial charge in [-0.25, -0.2) is 22.8 Å². The average Bonchev–Trinajstić information content (AvgIpc) is 2.82. The van der Waals surface area contributed by atoms with Crippen molar-refractivity contribution in [1.82, 2.24) is 14.3 Å². The van der Waals surface area contributed by atoms with Crippen LogP contribution in [0.2, 0.25) is 0 Å². The molecule has 3 aromatic rings. The van der Waals surface area contributed by atoms with E-state index in [1.807, 2.05) is 0 Å². The van der Waals surface area contributed by atoms with Gasteiger partial charge in [0.05, 0.1) is 12.1 Å². The Labute approximate surface area is 144 Å². The molecule has 1 heterocycles. The Bertz CT molecular complexity index is 1000. The first-order valence-electron chi connectivity index (χ1n) is 7.45. The smallest absolute Gasteiger partial charge is 0.246 e. The Hall–Kier alpha value is -2.97. The van der Waals surface area contributed by atoms with Crippen LogP contribution in [0.5, 0.6) is 0 Å². The van der Waals surface area contributed by atoms with Crippen LogP contribution in [0.4, 0.5) is 22.0 Å². The van der Waals surface area contributed by atoms with E-state index in [4.69, 9.17) is 0 Å². The van der Waals surface area contributed by atoms with Gasteiger partial charge in [-0.2, -0.15) is 18.3 Å². The van der Waals surface area contributed by atoms with Crippen molar-refractivity contribution in [3.63, 3.8) is 0 Å². The fourth-order valence-electron chi connectivity index (χ4n) is 2.60. The first kappa shape index (κ1) is 17.8. The third kappa shape index (κ3) is 3.24. The van der Waals surface area contributed by atoms with Crippen LogP contribution in [-0.2, 0) is 12.7 Å². The highest BCUT2D eigenvalue weighted by molar-refractivity contribution is 5.36. The number of benzene rings is 2. The van der Waals surface area contributed by atoms with Crippen molar-refractivity contribution in [2.75, 3.05) is 0 Å². The van der Waals surface area contributed by atoms with E-state index in [1.54, 1.807) is 0 Å². The van der Waals surface area contributed by atoms with Crippen LogP contribution >= 0.6 is 0 Å². The van der Waals surface area contributed by atoms with Crippen LogP contribution in [0.1, 0.15) is 17.0 Å². The van der Waals surface area contributed by atoms with Crippen LogP contribution in [0.25, 0.3) is 5.69 Å². The Morgan fingerprint density at radius 3 is 2.27 bits per heavy atom. The molecule has 0 radical (unpaired) electrons. The molecule has 0 atom stereocenters. The molecule has 0 spiro atoms. The van der Waals surface area contributed by atoms with Gasteiger partial charge in [-0.15, -0.1) is 0 Å². The summed E-state index contributed by atoms with van der Waals surface area (Å²) in [5.41, 5.74) is -2.12. The maximum Gasteiger partial charge on any atom is 0.416 e. The maximum atomic E-state index is 14.0. The lowest BCUT2D eigenvalue weighted by Gasteiger charge is -2.08. The van der Waals surface area contributed by atoms with E-state index in [9.17, 15) is 26.7 Å². The van der Waals surface area contributed by atoms with Gasteiger partial charge in [0.15, 0.2) is 0 Å². The van der Waals surface area contributed by atoms with Gasteiger partial charge in [0.2, 0.25) is 0 Å². The highest BCUT2D eigenvalue weighted by Gasteiger charge is 2.30. The average molecular weight is 369 g/mol. The lowest BCUT2D eigenvalue weighted by molar-refractivity contribution is -0.137. The number of aryl methyl sites for hydroxylation is 1. The number of aromatic nitrogens is 3. The summed E-state index contributed by atoms with van der Waals surface area (Å²) in [4.78, 5) is 12.5. The molecular weight excluding hydrogens is 357 g/mol. The summed E-state index contributed by atoms with van der Waals surface area (Å²) in [6.07, 6.45) is -4.52. The lowest BCUT2D eigenvalue weighted by Crippen LogP contribution is -2.26. The van der Waals surface area contributed by atoms with Crippen molar-refractivity contribution in [3.8, 4) is 5.69 Å². The summed E-state index contributed by atoms with van der Waals surface area (Å²) >= 11 is 0. The minimum absolute atomic E-state index is 0.00553. The molecule has 2 aromatic carbocycles.